The van der Waals surface area contributed by atoms with E-state index >= 15 is 0 Å². The molecule has 24 heavy (non-hydrogen) atoms. The molecule has 0 aromatic heterocycles. The van der Waals surface area contributed by atoms with Gasteiger partial charge in [0.25, 0.3) is 0 Å². The number of anilines is 2. The van der Waals surface area contributed by atoms with Crippen LogP contribution in [-0.4, -0.2) is 18.4 Å². The molecule has 1 atom stereocenters. The highest BCUT2D eigenvalue weighted by Gasteiger charge is 2.37. The van der Waals surface area contributed by atoms with E-state index in [1.807, 2.05) is 50.2 Å². The number of nitrogens with zero attached hydrogens (tertiary/aromatic N) is 1. The number of benzene rings is 2. The molecule has 0 saturated carbocycles. The summed E-state index contributed by atoms with van der Waals surface area (Å²) in [4.78, 5) is 26.7. The summed E-state index contributed by atoms with van der Waals surface area (Å²) in [6.45, 7) is 4.41. The molecule has 1 unspecified atom stereocenters. The molecule has 2 amide bonds. The van der Waals surface area contributed by atoms with Crippen molar-refractivity contribution in [2.45, 2.75) is 20.3 Å². The maximum absolute atomic E-state index is 12.6. The Hall–Kier alpha value is -2.33. The third kappa shape index (κ3) is 3.29. The molecule has 0 spiro atoms. The largest absolute Gasteiger partial charge is 0.325 e. The van der Waals surface area contributed by atoms with Crippen LogP contribution in [0.3, 0.4) is 0 Å². The fraction of sp³-hybridized carbons (Fsp3) is 0.263. The lowest BCUT2D eigenvalue weighted by Crippen LogP contribution is -2.33. The first-order valence-corrected chi connectivity index (χ1v) is 8.28. The summed E-state index contributed by atoms with van der Waals surface area (Å²) in [5.41, 5.74) is 3.52. The van der Waals surface area contributed by atoms with Gasteiger partial charge in [0.2, 0.25) is 11.8 Å². The molecule has 1 saturated heterocycles. The first kappa shape index (κ1) is 16.5. The Balaban J connectivity index is 1.72. The number of hydrogen-bond donors (Lipinski definition) is 1. The van der Waals surface area contributed by atoms with Crippen LogP contribution in [0.5, 0.6) is 0 Å². The van der Waals surface area contributed by atoms with Crippen molar-refractivity contribution in [3.8, 4) is 0 Å². The average molecular weight is 343 g/mol. The molecule has 3 rings (SSSR count). The maximum atomic E-state index is 12.6. The molecule has 0 aliphatic carbocycles. The van der Waals surface area contributed by atoms with E-state index in [1.165, 1.54) is 0 Å². The third-order valence-electron chi connectivity index (χ3n) is 4.29. The zero-order chi connectivity index (χ0) is 17.3. The second kappa shape index (κ2) is 6.65. The topological polar surface area (TPSA) is 49.4 Å². The molecule has 2 aromatic rings. The van der Waals surface area contributed by atoms with Crippen molar-refractivity contribution in [1.29, 1.82) is 0 Å². The minimum atomic E-state index is -0.651. The van der Waals surface area contributed by atoms with Crippen LogP contribution in [0.15, 0.2) is 42.5 Å². The normalized spacial score (nSPS) is 17.2. The molecular weight excluding hydrogens is 324 g/mol. The lowest BCUT2D eigenvalue weighted by atomic mass is 10.1. The van der Waals surface area contributed by atoms with Crippen molar-refractivity contribution in [1.82, 2.24) is 0 Å². The minimum Gasteiger partial charge on any atom is -0.325 e. The second-order valence-electron chi connectivity index (χ2n) is 6.12. The summed E-state index contributed by atoms with van der Waals surface area (Å²) < 4.78 is 0. The molecule has 0 radical (unpaired) electrons. The van der Waals surface area contributed by atoms with Crippen molar-refractivity contribution >= 4 is 34.8 Å². The van der Waals surface area contributed by atoms with Gasteiger partial charge in [0, 0.05) is 22.9 Å². The zero-order valence-corrected chi connectivity index (χ0v) is 14.4. The average Bonchev–Trinajstić information content (AvgIpc) is 2.94. The van der Waals surface area contributed by atoms with E-state index in [9.17, 15) is 9.59 Å². The van der Waals surface area contributed by atoms with Crippen molar-refractivity contribution < 1.29 is 9.59 Å². The fourth-order valence-corrected chi connectivity index (χ4v) is 2.96. The number of carbonyl (C=O) groups is 2. The highest BCUT2D eigenvalue weighted by molar-refractivity contribution is 6.31. The van der Waals surface area contributed by atoms with E-state index in [0.717, 1.165) is 16.8 Å². The Kier molecular flexibility index (Phi) is 4.58. The Labute approximate surface area is 146 Å². The van der Waals surface area contributed by atoms with Gasteiger partial charge in [-0.25, -0.2) is 0 Å². The van der Waals surface area contributed by atoms with Crippen molar-refractivity contribution in [2.24, 2.45) is 5.92 Å². The molecule has 4 nitrogen and oxygen atoms in total. The molecule has 124 valence electrons. The second-order valence-corrected chi connectivity index (χ2v) is 6.53. The van der Waals surface area contributed by atoms with E-state index in [1.54, 1.807) is 11.0 Å². The minimum absolute atomic E-state index is 0.165. The van der Waals surface area contributed by atoms with Crippen LogP contribution in [0.4, 0.5) is 11.4 Å². The van der Waals surface area contributed by atoms with Gasteiger partial charge >= 0.3 is 0 Å². The lowest BCUT2D eigenvalue weighted by Gasteiger charge is -2.17. The third-order valence-corrected chi connectivity index (χ3v) is 4.72. The number of carbonyl (C=O) groups excluding carboxylic acids is 2. The Morgan fingerprint density at radius 1 is 1.17 bits per heavy atom. The summed E-state index contributed by atoms with van der Waals surface area (Å²) >= 11 is 6.04. The number of aryl methyl sites for hydroxylation is 2. The number of rotatable bonds is 3. The quantitative estimate of drug-likeness (QED) is 0.859. The fourth-order valence-electron chi connectivity index (χ4n) is 2.84. The maximum Gasteiger partial charge on any atom is 0.239 e. The lowest BCUT2D eigenvalue weighted by molar-refractivity contribution is -0.129. The van der Waals surface area contributed by atoms with Gasteiger partial charge in [-0.05, 0) is 56.2 Å². The van der Waals surface area contributed by atoms with Crippen LogP contribution >= 0.6 is 11.6 Å². The van der Waals surface area contributed by atoms with Crippen LogP contribution in [0.25, 0.3) is 0 Å². The smallest absolute Gasteiger partial charge is 0.239 e. The molecule has 1 fully saturated rings. The monoisotopic (exact) mass is 342 g/mol. The molecule has 1 aliphatic heterocycles. The molecular formula is C19H19ClN2O2. The number of hydrogen-bond acceptors (Lipinski definition) is 2. The summed E-state index contributed by atoms with van der Waals surface area (Å²) in [7, 11) is 0. The van der Waals surface area contributed by atoms with Gasteiger partial charge in [0.15, 0.2) is 0 Å². The molecule has 0 bridgehead atoms. The van der Waals surface area contributed by atoms with E-state index in [2.05, 4.69) is 5.32 Å². The van der Waals surface area contributed by atoms with Crippen molar-refractivity contribution in [3.05, 3.63) is 58.6 Å². The number of nitrogens with one attached hydrogen (secondary N) is 1. The van der Waals surface area contributed by atoms with E-state index in [4.69, 9.17) is 11.6 Å². The molecule has 5 heteroatoms. The van der Waals surface area contributed by atoms with Crippen LogP contribution in [0, 0.1) is 19.8 Å². The molecule has 2 aromatic carbocycles. The summed E-state index contributed by atoms with van der Waals surface area (Å²) in [5.74, 6) is -1.07. The molecule has 1 aliphatic rings. The van der Waals surface area contributed by atoms with Gasteiger partial charge in [-0.2, -0.15) is 0 Å². The Morgan fingerprint density at radius 3 is 2.54 bits per heavy atom. The van der Waals surface area contributed by atoms with Crippen molar-refractivity contribution in [2.75, 3.05) is 16.8 Å². The molecule has 1 N–H and O–H groups in total. The predicted molar refractivity (Wildman–Crippen MR) is 96.5 cm³/mol. The van der Waals surface area contributed by atoms with E-state index in [-0.39, 0.29) is 11.8 Å². The van der Waals surface area contributed by atoms with Crippen LogP contribution < -0.4 is 10.2 Å². The highest BCUT2D eigenvalue weighted by atomic mass is 35.5. The van der Waals surface area contributed by atoms with Crippen LogP contribution in [0.1, 0.15) is 17.5 Å². The summed E-state index contributed by atoms with van der Waals surface area (Å²) in [6.07, 6.45) is 0.512. The first-order valence-electron chi connectivity index (χ1n) is 7.91. The van der Waals surface area contributed by atoms with Gasteiger partial charge in [0.1, 0.15) is 5.92 Å². The van der Waals surface area contributed by atoms with Crippen LogP contribution in [-0.2, 0) is 9.59 Å². The van der Waals surface area contributed by atoms with Gasteiger partial charge in [-0.15, -0.1) is 0 Å². The SMILES string of the molecule is Cc1ccc(NC(=O)C2CCN(c3ccc(Cl)c(C)c3)C2=O)cc1. The van der Waals surface area contributed by atoms with Gasteiger partial charge in [0.05, 0.1) is 0 Å². The first-order chi connectivity index (χ1) is 11.5. The number of amides is 2. The Morgan fingerprint density at radius 2 is 1.88 bits per heavy atom. The van der Waals surface area contributed by atoms with E-state index < -0.39 is 5.92 Å². The van der Waals surface area contributed by atoms with Gasteiger partial charge in [-0.1, -0.05) is 29.3 Å². The summed E-state index contributed by atoms with van der Waals surface area (Å²) in [6, 6.07) is 13.0. The Bertz CT molecular complexity index is 786. The number of halogens is 1. The van der Waals surface area contributed by atoms with E-state index in [0.29, 0.717) is 23.7 Å². The van der Waals surface area contributed by atoms with Gasteiger partial charge < -0.3 is 10.2 Å². The van der Waals surface area contributed by atoms with Gasteiger partial charge in [-0.3, -0.25) is 9.59 Å². The predicted octanol–water partition coefficient (Wildman–Crippen LogP) is 3.95. The highest BCUT2D eigenvalue weighted by Crippen LogP contribution is 2.29. The molecule has 1 heterocycles. The van der Waals surface area contributed by atoms with Crippen molar-refractivity contribution in [3.63, 3.8) is 0 Å². The standard InChI is InChI=1S/C19H19ClN2O2/c1-12-3-5-14(6-4-12)21-18(23)16-9-10-22(19(16)24)15-7-8-17(20)13(2)11-15/h3-8,11,16H,9-10H2,1-2H3,(H,21,23). The van der Waals surface area contributed by atoms with Crippen LogP contribution in [0.2, 0.25) is 5.02 Å². The zero-order valence-electron chi connectivity index (χ0n) is 13.7. The summed E-state index contributed by atoms with van der Waals surface area (Å²) in [5, 5.41) is 3.49.